The Balaban J connectivity index is 2.06. The molecule has 6 heteroatoms. The molecule has 1 saturated heterocycles. The van der Waals surface area contributed by atoms with E-state index in [1.807, 2.05) is 24.9 Å². The molecule has 116 valence electrons. The SMILES string of the molecule is CNCC(C)C(=O)N1CCOC(c2ccc(Cl)c(Cl)c2)C1. The van der Waals surface area contributed by atoms with E-state index >= 15 is 0 Å². The summed E-state index contributed by atoms with van der Waals surface area (Å²) in [5.74, 6) is 0.111. The van der Waals surface area contributed by atoms with Crippen LogP contribution < -0.4 is 5.32 Å². The average Bonchev–Trinajstić information content (AvgIpc) is 2.49. The standard InChI is InChI=1S/C15H20Cl2N2O2/c1-10(8-18-2)15(20)19-5-6-21-14(9-19)11-3-4-12(16)13(17)7-11/h3-4,7,10,14,18H,5-6,8-9H2,1-2H3. The molecule has 0 aromatic heterocycles. The van der Waals surface area contributed by atoms with Gasteiger partial charge in [0.05, 0.1) is 23.2 Å². The molecule has 2 rings (SSSR count). The third-order valence-corrected chi connectivity index (χ3v) is 4.36. The second kappa shape index (κ2) is 7.45. The van der Waals surface area contributed by atoms with Crippen molar-refractivity contribution < 1.29 is 9.53 Å². The average molecular weight is 331 g/mol. The van der Waals surface area contributed by atoms with Gasteiger partial charge in [-0.25, -0.2) is 0 Å². The Kier molecular flexibility index (Phi) is 5.88. The van der Waals surface area contributed by atoms with E-state index in [0.717, 1.165) is 5.56 Å². The van der Waals surface area contributed by atoms with Gasteiger partial charge in [-0.1, -0.05) is 36.2 Å². The minimum Gasteiger partial charge on any atom is -0.370 e. The zero-order valence-electron chi connectivity index (χ0n) is 12.2. The number of halogens is 2. The molecule has 0 bridgehead atoms. The number of benzene rings is 1. The summed E-state index contributed by atoms with van der Waals surface area (Å²) in [5.41, 5.74) is 0.947. The van der Waals surface area contributed by atoms with Crippen molar-refractivity contribution in [3.8, 4) is 0 Å². The zero-order chi connectivity index (χ0) is 15.4. The topological polar surface area (TPSA) is 41.6 Å². The second-order valence-corrected chi connectivity index (χ2v) is 6.09. The fraction of sp³-hybridized carbons (Fsp3) is 0.533. The van der Waals surface area contributed by atoms with Gasteiger partial charge in [0.2, 0.25) is 5.91 Å². The molecule has 1 N–H and O–H groups in total. The molecule has 0 spiro atoms. The van der Waals surface area contributed by atoms with E-state index in [2.05, 4.69) is 5.32 Å². The minimum absolute atomic E-state index is 0.0393. The fourth-order valence-corrected chi connectivity index (χ4v) is 2.78. The molecule has 4 nitrogen and oxygen atoms in total. The molecule has 1 amide bonds. The monoisotopic (exact) mass is 330 g/mol. The molecule has 1 aliphatic rings. The van der Waals surface area contributed by atoms with Crippen LogP contribution in [0.1, 0.15) is 18.6 Å². The van der Waals surface area contributed by atoms with E-state index in [9.17, 15) is 4.79 Å². The summed E-state index contributed by atoms with van der Waals surface area (Å²) in [6, 6.07) is 5.45. The third-order valence-electron chi connectivity index (χ3n) is 3.63. The van der Waals surface area contributed by atoms with Crippen molar-refractivity contribution in [1.29, 1.82) is 0 Å². The van der Waals surface area contributed by atoms with Gasteiger partial charge in [-0.2, -0.15) is 0 Å². The summed E-state index contributed by atoms with van der Waals surface area (Å²) in [6.07, 6.45) is -0.153. The summed E-state index contributed by atoms with van der Waals surface area (Å²) in [4.78, 5) is 14.2. The minimum atomic E-state index is -0.153. The van der Waals surface area contributed by atoms with Gasteiger partial charge in [-0.3, -0.25) is 4.79 Å². The Morgan fingerprint density at radius 2 is 2.24 bits per heavy atom. The molecular weight excluding hydrogens is 311 g/mol. The Labute approximate surface area is 135 Å². The highest BCUT2D eigenvalue weighted by Crippen LogP contribution is 2.29. The predicted octanol–water partition coefficient (Wildman–Crippen LogP) is 2.75. The quantitative estimate of drug-likeness (QED) is 0.922. The number of amides is 1. The first kappa shape index (κ1) is 16.6. The maximum Gasteiger partial charge on any atom is 0.226 e. The van der Waals surface area contributed by atoms with E-state index in [1.54, 1.807) is 12.1 Å². The maximum atomic E-state index is 12.4. The number of carbonyl (C=O) groups is 1. The van der Waals surface area contributed by atoms with Crippen molar-refractivity contribution in [2.24, 2.45) is 5.92 Å². The van der Waals surface area contributed by atoms with Gasteiger partial charge in [0.15, 0.2) is 0 Å². The van der Waals surface area contributed by atoms with E-state index in [-0.39, 0.29) is 17.9 Å². The van der Waals surface area contributed by atoms with Crippen molar-refractivity contribution in [1.82, 2.24) is 10.2 Å². The lowest BCUT2D eigenvalue weighted by molar-refractivity contribution is -0.142. The van der Waals surface area contributed by atoms with Crippen molar-refractivity contribution in [3.63, 3.8) is 0 Å². The van der Waals surface area contributed by atoms with Crippen LogP contribution in [-0.4, -0.2) is 44.1 Å². The second-order valence-electron chi connectivity index (χ2n) is 5.28. The lowest BCUT2D eigenvalue weighted by atomic mass is 10.1. The number of hydrogen-bond acceptors (Lipinski definition) is 3. The van der Waals surface area contributed by atoms with Crippen LogP contribution in [0, 0.1) is 5.92 Å². The number of rotatable bonds is 4. The predicted molar refractivity (Wildman–Crippen MR) is 84.8 cm³/mol. The Bertz CT molecular complexity index is 510. The van der Waals surface area contributed by atoms with E-state index in [4.69, 9.17) is 27.9 Å². The number of morpholine rings is 1. The first-order valence-corrected chi connectivity index (χ1v) is 7.78. The van der Waals surface area contributed by atoms with E-state index < -0.39 is 0 Å². The molecular formula is C15H20Cl2N2O2. The van der Waals surface area contributed by atoms with Crippen LogP contribution in [0.4, 0.5) is 0 Å². The summed E-state index contributed by atoms with van der Waals surface area (Å²) in [7, 11) is 1.85. The molecule has 2 unspecified atom stereocenters. The van der Waals surface area contributed by atoms with Gasteiger partial charge in [-0.15, -0.1) is 0 Å². The highest BCUT2D eigenvalue weighted by atomic mass is 35.5. The molecule has 1 aliphatic heterocycles. The van der Waals surface area contributed by atoms with Crippen LogP contribution in [-0.2, 0) is 9.53 Å². The highest BCUT2D eigenvalue weighted by molar-refractivity contribution is 6.42. The van der Waals surface area contributed by atoms with Crippen LogP contribution >= 0.6 is 23.2 Å². The summed E-state index contributed by atoms with van der Waals surface area (Å²) in [5, 5.41) is 4.06. The van der Waals surface area contributed by atoms with Gasteiger partial charge in [0, 0.05) is 19.0 Å². The van der Waals surface area contributed by atoms with Gasteiger partial charge >= 0.3 is 0 Å². The lowest BCUT2D eigenvalue weighted by Crippen LogP contribution is -2.46. The fourth-order valence-electron chi connectivity index (χ4n) is 2.47. The maximum absolute atomic E-state index is 12.4. The van der Waals surface area contributed by atoms with Crippen molar-refractivity contribution in [2.45, 2.75) is 13.0 Å². The van der Waals surface area contributed by atoms with Crippen LogP contribution in [0.25, 0.3) is 0 Å². The van der Waals surface area contributed by atoms with Crippen LogP contribution in [0.2, 0.25) is 10.0 Å². The molecule has 1 aromatic carbocycles. The molecule has 1 heterocycles. The third kappa shape index (κ3) is 4.10. The summed E-state index contributed by atoms with van der Waals surface area (Å²) in [6.45, 7) is 4.31. The van der Waals surface area contributed by atoms with Gasteiger partial charge in [0.1, 0.15) is 6.10 Å². The number of nitrogens with one attached hydrogen (secondary N) is 1. The Morgan fingerprint density at radius 3 is 2.90 bits per heavy atom. The highest BCUT2D eigenvalue weighted by Gasteiger charge is 2.28. The van der Waals surface area contributed by atoms with Gasteiger partial charge < -0.3 is 15.0 Å². The molecule has 21 heavy (non-hydrogen) atoms. The number of carbonyl (C=O) groups excluding carboxylic acids is 1. The largest absolute Gasteiger partial charge is 0.370 e. The Morgan fingerprint density at radius 1 is 1.48 bits per heavy atom. The van der Waals surface area contributed by atoms with Gasteiger partial charge in [-0.05, 0) is 24.7 Å². The molecule has 1 fully saturated rings. The smallest absolute Gasteiger partial charge is 0.226 e. The number of hydrogen-bond donors (Lipinski definition) is 1. The van der Waals surface area contributed by atoms with Crippen molar-refractivity contribution in [3.05, 3.63) is 33.8 Å². The van der Waals surface area contributed by atoms with E-state index in [0.29, 0.717) is 36.3 Å². The number of nitrogens with zero attached hydrogens (tertiary/aromatic N) is 1. The summed E-state index contributed by atoms with van der Waals surface area (Å²) >= 11 is 12.0. The Hall–Kier alpha value is -0.810. The van der Waals surface area contributed by atoms with Crippen LogP contribution in [0.5, 0.6) is 0 Å². The molecule has 2 atom stereocenters. The van der Waals surface area contributed by atoms with Crippen LogP contribution in [0.15, 0.2) is 18.2 Å². The van der Waals surface area contributed by atoms with Gasteiger partial charge in [0.25, 0.3) is 0 Å². The van der Waals surface area contributed by atoms with Crippen molar-refractivity contribution in [2.75, 3.05) is 33.3 Å². The first-order chi connectivity index (χ1) is 10.0. The summed E-state index contributed by atoms with van der Waals surface area (Å²) < 4.78 is 5.77. The normalized spacial score (nSPS) is 20.4. The lowest BCUT2D eigenvalue weighted by Gasteiger charge is -2.34. The molecule has 1 aromatic rings. The molecule has 0 saturated carbocycles. The van der Waals surface area contributed by atoms with Crippen LogP contribution in [0.3, 0.4) is 0 Å². The molecule has 0 aliphatic carbocycles. The zero-order valence-corrected chi connectivity index (χ0v) is 13.7. The number of ether oxygens (including phenoxy) is 1. The first-order valence-electron chi connectivity index (χ1n) is 7.03. The van der Waals surface area contributed by atoms with E-state index in [1.165, 1.54) is 0 Å². The van der Waals surface area contributed by atoms with Crippen molar-refractivity contribution >= 4 is 29.1 Å². The molecule has 0 radical (unpaired) electrons.